The molecule has 5 nitrogen and oxygen atoms in total. The Morgan fingerprint density at radius 2 is 1.72 bits per heavy atom. The molecule has 5 rings (SSSR count). The van der Waals surface area contributed by atoms with Gasteiger partial charge < -0.3 is 10.6 Å². The van der Waals surface area contributed by atoms with Gasteiger partial charge in [0.05, 0.1) is 17.8 Å². The average Bonchev–Trinajstić information content (AvgIpc) is 3.21. The number of amides is 2. The van der Waals surface area contributed by atoms with Gasteiger partial charge in [-0.15, -0.1) is 0 Å². The van der Waals surface area contributed by atoms with E-state index in [0.717, 1.165) is 18.3 Å². The zero-order valence-corrected chi connectivity index (χ0v) is 20.1. The Labute approximate surface area is 221 Å². The van der Waals surface area contributed by atoms with Gasteiger partial charge >= 0.3 is 6.18 Å². The molecule has 2 N–H and O–H groups in total. The summed E-state index contributed by atoms with van der Waals surface area (Å²) in [4.78, 5) is 29.7. The van der Waals surface area contributed by atoms with Gasteiger partial charge in [-0.3, -0.25) is 14.6 Å². The summed E-state index contributed by atoms with van der Waals surface area (Å²) in [5.74, 6) is -4.52. The molecule has 0 spiro atoms. The minimum atomic E-state index is -4.92. The van der Waals surface area contributed by atoms with Gasteiger partial charge in [-0.2, -0.15) is 13.2 Å². The predicted octanol–water partition coefficient (Wildman–Crippen LogP) is 6.92. The van der Waals surface area contributed by atoms with Crippen molar-refractivity contribution in [2.24, 2.45) is 0 Å². The molecule has 3 aromatic carbocycles. The summed E-state index contributed by atoms with van der Waals surface area (Å²) in [6.45, 7) is 0. The molecule has 0 bridgehead atoms. The van der Waals surface area contributed by atoms with Crippen LogP contribution < -0.4 is 10.6 Å². The van der Waals surface area contributed by atoms with Gasteiger partial charge in [-0.25, -0.2) is 13.2 Å². The summed E-state index contributed by atoms with van der Waals surface area (Å²) >= 11 is 6.26. The van der Waals surface area contributed by atoms with E-state index in [1.807, 2.05) is 0 Å². The van der Waals surface area contributed by atoms with E-state index in [9.17, 15) is 35.9 Å². The number of fused-ring (bicyclic) bond motifs is 1. The number of halogens is 7. The van der Waals surface area contributed by atoms with Crippen molar-refractivity contribution in [2.75, 3.05) is 5.32 Å². The van der Waals surface area contributed by atoms with Gasteiger partial charge in [-0.05, 0) is 60.2 Å². The van der Waals surface area contributed by atoms with Crippen molar-refractivity contribution >= 4 is 29.1 Å². The second kappa shape index (κ2) is 9.73. The topological polar surface area (TPSA) is 71.1 Å². The summed E-state index contributed by atoms with van der Waals surface area (Å²) in [7, 11) is 0. The second-order valence-corrected chi connectivity index (χ2v) is 9.00. The maximum atomic E-state index is 14.6. The molecule has 1 aromatic heterocycles. The predicted molar refractivity (Wildman–Crippen MR) is 130 cm³/mol. The van der Waals surface area contributed by atoms with Gasteiger partial charge in [0.25, 0.3) is 11.8 Å². The molecular formula is C27H14ClF6N3O2. The van der Waals surface area contributed by atoms with Crippen LogP contribution in [-0.4, -0.2) is 16.8 Å². The van der Waals surface area contributed by atoms with Crippen molar-refractivity contribution in [1.29, 1.82) is 0 Å². The lowest BCUT2D eigenvalue weighted by Gasteiger charge is -2.19. The molecule has 1 aliphatic heterocycles. The smallest absolute Gasteiger partial charge is 0.341 e. The largest absolute Gasteiger partial charge is 0.416 e. The molecule has 1 aliphatic rings. The Balaban J connectivity index is 1.68. The van der Waals surface area contributed by atoms with Crippen LogP contribution in [-0.2, 0) is 6.18 Å². The van der Waals surface area contributed by atoms with Crippen molar-refractivity contribution in [3.63, 3.8) is 0 Å². The van der Waals surface area contributed by atoms with Crippen LogP contribution >= 0.6 is 11.6 Å². The highest BCUT2D eigenvalue weighted by molar-refractivity contribution is 6.31. The van der Waals surface area contributed by atoms with E-state index in [4.69, 9.17) is 11.6 Å². The fraction of sp³-hybridized carbons (Fsp3) is 0.0741. The first-order chi connectivity index (χ1) is 18.4. The lowest BCUT2D eigenvalue weighted by atomic mass is 9.92. The molecule has 0 radical (unpaired) electrons. The monoisotopic (exact) mass is 561 g/mol. The molecule has 1 unspecified atom stereocenters. The molecule has 4 aromatic rings. The van der Waals surface area contributed by atoms with Crippen LogP contribution in [0.2, 0.25) is 5.02 Å². The van der Waals surface area contributed by atoms with Crippen molar-refractivity contribution < 1.29 is 35.9 Å². The maximum Gasteiger partial charge on any atom is 0.416 e. The number of hydrogen-bond donors (Lipinski definition) is 2. The minimum Gasteiger partial charge on any atom is -0.341 e. The third kappa shape index (κ3) is 5.05. The molecule has 39 heavy (non-hydrogen) atoms. The SMILES string of the molecule is O=C(Nc1cc(-c2ccncc2F)cc2c1C(c1cc(F)ccc1Cl)NC2=O)c1cc(F)cc(C(F)(F)F)c1. The maximum absolute atomic E-state index is 14.6. The number of benzene rings is 3. The Hall–Kier alpha value is -4.38. The quantitative estimate of drug-likeness (QED) is 0.266. The van der Waals surface area contributed by atoms with E-state index in [2.05, 4.69) is 15.6 Å². The third-order valence-electron chi connectivity index (χ3n) is 6.08. The molecule has 0 aliphatic carbocycles. The van der Waals surface area contributed by atoms with E-state index in [1.54, 1.807) is 0 Å². The molecular weight excluding hydrogens is 548 g/mol. The first-order valence-electron chi connectivity index (χ1n) is 11.1. The molecule has 12 heteroatoms. The molecule has 2 heterocycles. The number of nitrogens with zero attached hydrogens (tertiary/aromatic N) is 1. The fourth-order valence-corrected chi connectivity index (χ4v) is 4.58. The Kier molecular flexibility index (Phi) is 6.55. The molecule has 0 fully saturated rings. The molecule has 0 saturated carbocycles. The highest BCUT2D eigenvalue weighted by Crippen LogP contribution is 2.42. The number of carbonyl (C=O) groups is 2. The fourth-order valence-electron chi connectivity index (χ4n) is 4.35. The van der Waals surface area contributed by atoms with E-state index in [-0.39, 0.29) is 44.6 Å². The van der Waals surface area contributed by atoms with Crippen LogP contribution in [0.25, 0.3) is 11.1 Å². The Morgan fingerprint density at radius 1 is 0.949 bits per heavy atom. The van der Waals surface area contributed by atoms with Crippen molar-refractivity contribution in [3.05, 3.63) is 117 Å². The summed E-state index contributed by atoms with van der Waals surface area (Å²) in [5, 5.41) is 5.12. The first-order valence-corrected chi connectivity index (χ1v) is 11.5. The van der Waals surface area contributed by atoms with Crippen molar-refractivity contribution in [2.45, 2.75) is 12.2 Å². The van der Waals surface area contributed by atoms with Gasteiger partial charge in [-0.1, -0.05) is 11.6 Å². The Morgan fingerprint density at radius 3 is 2.44 bits per heavy atom. The number of hydrogen-bond acceptors (Lipinski definition) is 3. The van der Waals surface area contributed by atoms with E-state index < -0.39 is 52.6 Å². The lowest BCUT2D eigenvalue weighted by Crippen LogP contribution is -2.21. The van der Waals surface area contributed by atoms with E-state index in [0.29, 0.717) is 12.1 Å². The van der Waals surface area contributed by atoms with E-state index in [1.165, 1.54) is 30.5 Å². The van der Waals surface area contributed by atoms with Crippen LogP contribution in [0.15, 0.2) is 67.0 Å². The van der Waals surface area contributed by atoms with Crippen LogP contribution in [0, 0.1) is 17.5 Å². The van der Waals surface area contributed by atoms with Gasteiger partial charge in [0.15, 0.2) is 0 Å². The van der Waals surface area contributed by atoms with Crippen LogP contribution in [0.1, 0.15) is 43.4 Å². The molecule has 0 saturated heterocycles. The summed E-state index contributed by atoms with van der Waals surface area (Å²) in [6.07, 6.45) is -2.70. The number of rotatable bonds is 4. The number of nitrogens with one attached hydrogen (secondary N) is 2. The van der Waals surface area contributed by atoms with Crippen molar-refractivity contribution in [3.8, 4) is 11.1 Å². The molecule has 198 valence electrons. The van der Waals surface area contributed by atoms with Gasteiger partial charge in [0.2, 0.25) is 0 Å². The normalized spacial score (nSPS) is 14.6. The summed E-state index contributed by atoms with van der Waals surface area (Å²) in [5.41, 5.74) is -1.82. The van der Waals surface area contributed by atoms with Crippen molar-refractivity contribution in [1.82, 2.24) is 10.3 Å². The first kappa shape index (κ1) is 26.2. The Bertz CT molecular complexity index is 1660. The standard InChI is InChI=1S/C27H14ClF6N3O2/c28-20-2-1-15(29)10-18(20)24-23-19(26(39)37-24)7-12(17-3-4-35-11-21(17)31)8-22(23)36-25(38)13-5-14(27(32,33)34)9-16(30)6-13/h1-11,24H,(H,36,38)(H,37,39). The lowest BCUT2D eigenvalue weighted by molar-refractivity contribution is -0.137. The van der Waals surface area contributed by atoms with E-state index >= 15 is 0 Å². The number of anilines is 1. The zero-order valence-electron chi connectivity index (χ0n) is 19.3. The van der Waals surface area contributed by atoms with Gasteiger partial charge in [0, 0.05) is 44.7 Å². The highest BCUT2D eigenvalue weighted by atomic mass is 35.5. The van der Waals surface area contributed by atoms with Crippen LogP contribution in [0.4, 0.5) is 32.0 Å². The number of carbonyl (C=O) groups excluding carboxylic acids is 2. The average molecular weight is 562 g/mol. The van der Waals surface area contributed by atoms with Crippen LogP contribution in [0.5, 0.6) is 0 Å². The zero-order chi connectivity index (χ0) is 28.1. The molecule has 1 atom stereocenters. The summed E-state index contributed by atoms with van der Waals surface area (Å²) in [6, 6.07) is 7.63. The van der Waals surface area contributed by atoms with Gasteiger partial charge in [0.1, 0.15) is 17.5 Å². The number of aromatic nitrogens is 1. The number of pyridine rings is 1. The third-order valence-corrected chi connectivity index (χ3v) is 6.42. The minimum absolute atomic E-state index is 0.00782. The number of alkyl halides is 3. The highest BCUT2D eigenvalue weighted by Gasteiger charge is 2.36. The van der Waals surface area contributed by atoms with Crippen LogP contribution in [0.3, 0.4) is 0 Å². The molecule has 2 amide bonds. The second-order valence-electron chi connectivity index (χ2n) is 8.59. The summed E-state index contributed by atoms with van der Waals surface area (Å²) < 4.78 is 82.3.